The second-order valence-corrected chi connectivity index (χ2v) is 5.76. The van der Waals surface area contributed by atoms with Gasteiger partial charge >= 0.3 is 0 Å². The zero-order valence-corrected chi connectivity index (χ0v) is 11.8. The zero-order chi connectivity index (χ0) is 13.1. The Morgan fingerprint density at radius 1 is 1.44 bits per heavy atom. The molecule has 100 valence electrons. The predicted octanol–water partition coefficient (Wildman–Crippen LogP) is 2.60. The van der Waals surface area contributed by atoms with Crippen molar-refractivity contribution in [2.24, 2.45) is 11.7 Å². The van der Waals surface area contributed by atoms with Crippen molar-refractivity contribution < 1.29 is 0 Å². The Morgan fingerprint density at radius 2 is 2.22 bits per heavy atom. The number of nitrogens with zero attached hydrogens (tertiary/aromatic N) is 2. The molecule has 3 nitrogen and oxygen atoms in total. The van der Waals surface area contributed by atoms with Crippen LogP contribution in [-0.2, 0) is 6.42 Å². The summed E-state index contributed by atoms with van der Waals surface area (Å²) in [6.07, 6.45) is 5.49. The lowest BCUT2D eigenvalue weighted by Gasteiger charge is -2.38. The van der Waals surface area contributed by atoms with Gasteiger partial charge in [-0.3, -0.25) is 0 Å². The lowest BCUT2D eigenvalue weighted by Crippen LogP contribution is -2.42. The van der Waals surface area contributed by atoms with Gasteiger partial charge in [-0.25, -0.2) is 4.98 Å². The minimum absolute atomic E-state index is 0.201. The third kappa shape index (κ3) is 3.02. The van der Waals surface area contributed by atoms with Crippen LogP contribution in [0.2, 0.25) is 0 Å². The largest absolute Gasteiger partial charge is 0.354 e. The maximum Gasteiger partial charge on any atom is 0.128 e. The number of hydrogen-bond acceptors (Lipinski definition) is 3. The van der Waals surface area contributed by atoms with Gasteiger partial charge in [-0.15, -0.1) is 0 Å². The first-order valence-electron chi connectivity index (χ1n) is 7.05. The van der Waals surface area contributed by atoms with Crippen LogP contribution in [0.15, 0.2) is 18.3 Å². The Balaban J connectivity index is 2.09. The molecule has 1 fully saturated rings. The van der Waals surface area contributed by atoms with Crippen molar-refractivity contribution in [2.45, 2.75) is 52.1 Å². The molecular weight excluding hydrogens is 222 g/mol. The van der Waals surface area contributed by atoms with Crippen LogP contribution in [0.25, 0.3) is 0 Å². The third-order valence-corrected chi connectivity index (χ3v) is 4.03. The molecule has 2 rings (SSSR count). The van der Waals surface area contributed by atoms with Crippen molar-refractivity contribution in [3.63, 3.8) is 0 Å². The normalized spacial score (nSPS) is 26.1. The van der Waals surface area contributed by atoms with Gasteiger partial charge in [0, 0.05) is 24.8 Å². The molecule has 0 radical (unpaired) electrons. The molecule has 0 amide bonds. The number of nitrogens with two attached hydrogens (primary N) is 1. The number of rotatable bonds is 3. The Bertz CT molecular complexity index is 372. The van der Waals surface area contributed by atoms with E-state index >= 15 is 0 Å². The fourth-order valence-corrected chi connectivity index (χ4v) is 2.74. The number of aromatic nitrogens is 1. The van der Waals surface area contributed by atoms with Crippen LogP contribution in [0, 0.1) is 5.92 Å². The van der Waals surface area contributed by atoms with Gasteiger partial charge in [0.1, 0.15) is 5.82 Å². The highest BCUT2D eigenvalue weighted by atomic mass is 15.2. The highest BCUT2D eigenvalue weighted by Crippen LogP contribution is 2.27. The number of piperidine rings is 1. The van der Waals surface area contributed by atoms with E-state index in [-0.39, 0.29) is 6.04 Å². The molecule has 18 heavy (non-hydrogen) atoms. The second-order valence-electron chi connectivity index (χ2n) is 5.76. The monoisotopic (exact) mass is 247 g/mol. The van der Waals surface area contributed by atoms with Crippen LogP contribution in [0.5, 0.6) is 0 Å². The number of anilines is 1. The standard InChI is InChI=1S/C15H25N3/c1-11-5-4-8-18(13(11)3)15-7-6-14(10-17-15)9-12(2)16/h6-7,10-13H,4-5,8-9,16H2,1-3H3. The van der Waals surface area contributed by atoms with E-state index in [4.69, 9.17) is 5.73 Å². The lowest BCUT2D eigenvalue weighted by molar-refractivity contribution is 0.361. The van der Waals surface area contributed by atoms with Crippen molar-refractivity contribution in [3.05, 3.63) is 23.9 Å². The third-order valence-electron chi connectivity index (χ3n) is 4.03. The number of hydrogen-bond donors (Lipinski definition) is 1. The van der Waals surface area contributed by atoms with Crippen molar-refractivity contribution in [1.29, 1.82) is 0 Å². The van der Waals surface area contributed by atoms with Crippen LogP contribution in [-0.4, -0.2) is 23.6 Å². The van der Waals surface area contributed by atoms with Crippen LogP contribution >= 0.6 is 0 Å². The summed E-state index contributed by atoms with van der Waals surface area (Å²) in [4.78, 5) is 7.04. The summed E-state index contributed by atoms with van der Waals surface area (Å²) in [5.74, 6) is 1.87. The topological polar surface area (TPSA) is 42.1 Å². The molecule has 0 spiro atoms. The van der Waals surface area contributed by atoms with Crippen molar-refractivity contribution in [3.8, 4) is 0 Å². The first kappa shape index (κ1) is 13.3. The van der Waals surface area contributed by atoms with Crippen LogP contribution in [0.3, 0.4) is 0 Å². The average Bonchev–Trinajstić information content (AvgIpc) is 2.33. The van der Waals surface area contributed by atoms with Gasteiger partial charge in [-0.2, -0.15) is 0 Å². The van der Waals surface area contributed by atoms with E-state index < -0.39 is 0 Å². The van der Waals surface area contributed by atoms with E-state index in [9.17, 15) is 0 Å². The molecule has 3 atom stereocenters. The summed E-state index contributed by atoms with van der Waals surface area (Å²) in [5, 5.41) is 0. The minimum atomic E-state index is 0.201. The van der Waals surface area contributed by atoms with E-state index in [0.29, 0.717) is 6.04 Å². The molecule has 1 saturated heterocycles. The molecular formula is C15H25N3. The Labute approximate surface area is 110 Å². The van der Waals surface area contributed by atoms with Crippen molar-refractivity contribution in [1.82, 2.24) is 4.98 Å². The highest BCUT2D eigenvalue weighted by Gasteiger charge is 2.25. The molecule has 1 aromatic heterocycles. The van der Waals surface area contributed by atoms with E-state index in [1.54, 1.807) is 0 Å². The number of pyridine rings is 1. The Morgan fingerprint density at radius 3 is 2.83 bits per heavy atom. The van der Waals surface area contributed by atoms with Gasteiger partial charge in [0.15, 0.2) is 0 Å². The second kappa shape index (κ2) is 5.70. The van der Waals surface area contributed by atoms with Gasteiger partial charge < -0.3 is 10.6 Å². The zero-order valence-electron chi connectivity index (χ0n) is 11.8. The maximum atomic E-state index is 5.81. The van der Waals surface area contributed by atoms with Crippen molar-refractivity contribution >= 4 is 5.82 Å². The summed E-state index contributed by atoms with van der Waals surface area (Å²) in [6, 6.07) is 5.10. The van der Waals surface area contributed by atoms with Gasteiger partial charge in [0.05, 0.1) is 0 Å². The maximum absolute atomic E-state index is 5.81. The quantitative estimate of drug-likeness (QED) is 0.892. The predicted molar refractivity (Wildman–Crippen MR) is 76.8 cm³/mol. The van der Waals surface area contributed by atoms with E-state index in [2.05, 4.69) is 35.9 Å². The average molecular weight is 247 g/mol. The fourth-order valence-electron chi connectivity index (χ4n) is 2.74. The highest BCUT2D eigenvalue weighted by molar-refractivity contribution is 5.41. The fraction of sp³-hybridized carbons (Fsp3) is 0.667. The van der Waals surface area contributed by atoms with E-state index in [1.165, 1.54) is 18.4 Å². The SMILES string of the molecule is CC(N)Cc1ccc(N2CCCC(C)C2C)nc1. The van der Waals surface area contributed by atoms with Crippen LogP contribution in [0.1, 0.15) is 39.2 Å². The Kier molecular flexibility index (Phi) is 4.23. The molecule has 1 aliphatic heterocycles. The summed E-state index contributed by atoms with van der Waals surface area (Å²) in [5.41, 5.74) is 7.04. The molecule has 1 aliphatic rings. The molecule has 2 N–H and O–H groups in total. The van der Waals surface area contributed by atoms with E-state index in [0.717, 1.165) is 24.7 Å². The molecule has 0 aromatic carbocycles. The molecule has 0 bridgehead atoms. The van der Waals surface area contributed by atoms with Gasteiger partial charge in [0.25, 0.3) is 0 Å². The lowest BCUT2D eigenvalue weighted by atomic mass is 9.92. The summed E-state index contributed by atoms with van der Waals surface area (Å²) in [6.45, 7) is 7.80. The van der Waals surface area contributed by atoms with E-state index in [1.807, 2.05) is 13.1 Å². The summed E-state index contributed by atoms with van der Waals surface area (Å²) < 4.78 is 0. The molecule has 2 heterocycles. The van der Waals surface area contributed by atoms with Crippen LogP contribution < -0.4 is 10.6 Å². The smallest absolute Gasteiger partial charge is 0.128 e. The molecule has 3 heteroatoms. The Hall–Kier alpha value is -1.09. The van der Waals surface area contributed by atoms with Crippen LogP contribution in [0.4, 0.5) is 5.82 Å². The molecule has 1 aromatic rings. The van der Waals surface area contributed by atoms with Gasteiger partial charge in [-0.05, 0) is 50.7 Å². The minimum Gasteiger partial charge on any atom is -0.354 e. The van der Waals surface area contributed by atoms with Crippen molar-refractivity contribution in [2.75, 3.05) is 11.4 Å². The summed E-state index contributed by atoms with van der Waals surface area (Å²) >= 11 is 0. The van der Waals surface area contributed by atoms with Gasteiger partial charge in [-0.1, -0.05) is 13.0 Å². The first-order valence-corrected chi connectivity index (χ1v) is 7.05. The first-order chi connectivity index (χ1) is 8.58. The molecule has 0 aliphatic carbocycles. The summed E-state index contributed by atoms with van der Waals surface area (Å²) in [7, 11) is 0. The molecule has 3 unspecified atom stereocenters. The molecule has 0 saturated carbocycles. The van der Waals surface area contributed by atoms with Gasteiger partial charge in [0.2, 0.25) is 0 Å².